The zero-order valence-electron chi connectivity index (χ0n) is 12.3. The molecule has 0 saturated carbocycles. The van der Waals surface area contributed by atoms with Gasteiger partial charge in [-0.3, -0.25) is 0 Å². The van der Waals surface area contributed by atoms with Gasteiger partial charge in [-0.1, -0.05) is 0 Å². The van der Waals surface area contributed by atoms with Gasteiger partial charge in [-0.25, -0.2) is 0 Å². The van der Waals surface area contributed by atoms with E-state index in [1.165, 1.54) is 45.3 Å². The van der Waals surface area contributed by atoms with Crippen molar-refractivity contribution in [2.45, 2.75) is 30.7 Å². The van der Waals surface area contributed by atoms with Crippen LogP contribution in [0.1, 0.15) is 25.7 Å². The van der Waals surface area contributed by atoms with Gasteiger partial charge in [0.05, 0.1) is 0 Å². The largest absolute Gasteiger partial charge is 0.355 e. The summed E-state index contributed by atoms with van der Waals surface area (Å²) in [6.07, 6.45) is 7.42. The highest BCUT2D eigenvalue weighted by atomic mass is 32.2. The number of aromatic nitrogens is 2. The summed E-state index contributed by atoms with van der Waals surface area (Å²) in [5.74, 6) is 1.92. The molecule has 4 nitrogen and oxygen atoms in total. The van der Waals surface area contributed by atoms with Crippen molar-refractivity contribution < 1.29 is 0 Å². The third kappa shape index (κ3) is 3.44. The molecule has 0 unspecified atom stereocenters. The number of rotatable bonds is 4. The van der Waals surface area contributed by atoms with Crippen LogP contribution in [0.2, 0.25) is 0 Å². The summed E-state index contributed by atoms with van der Waals surface area (Å²) < 4.78 is 0. The molecule has 0 spiro atoms. The number of hydrogen-bond acceptors (Lipinski definition) is 5. The molecule has 1 aromatic heterocycles. The summed E-state index contributed by atoms with van der Waals surface area (Å²) >= 11 is 1.64. The first-order chi connectivity index (χ1) is 9.85. The van der Waals surface area contributed by atoms with Crippen molar-refractivity contribution in [1.29, 1.82) is 0 Å². The third-order valence-corrected chi connectivity index (χ3v) is 5.12. The Labute approximate surface area is 125 Å². The molecule has 110 valence electrons. The van der Waals surface area contributed by atoms with Crippen LogP contribution in [0, 0.1) is 5.92 Å². The van der Waals surface area contributed by atoms with E-state index in [1.54, 1.807) is 11.8 Å². The van der Waals surface area contributed by atoms with Crippen molar-refractivity contribution in [3.05, 3.63) is 12.1 Å². The van der Waals surface area contributed by atoms with E-state index in [9.17, 15) is 0 Å². The van der Waals surface area contributed by atoms with Crippen molar-refractivity contribution >= 4 is 17.6 Å². The van der Waals surface area contributed by atoms with Crippen molar-refractivity contribution in [3.8, 4) is 0 Å². The monoisotopic (exact) mass is 292 g/mol. The number of piperidine rings is 1. The van der Waals surface area contributed by atoms with E-state index in [1.807, 2.05) is 6.26 Å². The fraction of sp³-hybridized carbons (Fsp3) is 0.733. The van der Waals surface area contributed by atoms with Gasteiger partial charge in [0.1, 0.15) is 5.03 Å². The Bertz CT molecular complexity index is 408. The normalized spacial score (nSPS) is 21.6. The van der Waals surface area contributed by atoms with Crippen molar-refractivity contribution in [3.63, 3.8) is 0 Å². The molecule has 5 heteroatoms. The molecule has 20 heavy (non-hydrogen) atoms. The smallest absolute Gasteiger partial charge is 0.151 e. The maximum atomic E-state index is 4.35. The Morgan fingerprint density at radius 2 is 1.85 bits per heavy atom. The molecule has 3 rings (SSSR count). The summed E-state index contributed by atoms with van der Waals surface area (Å²) in [6, 6.07) is 4.18. The van der Waals surface area contributed by atoms with Crippen LogP contribution in [0.4, 0.5) is 5.82 Å². The van der Waals surface area contributed by atoms with Crippen LogP contribution in [-0.2, 0) is 0 Å². The average molecular weight is 292 g/mol. The minimum atomic E-state index is 0.878. The van der Waals surface area contributed by atoms with Gasteiger partial charge < -0.3 is 9.80 Å². The SMILES string of the molecule is CSc1ccc(N2CCC(CN3CCCC3)CC2)nn1. The molecule has 3 heterocycles. The van der Waals surface area contributed by atoms with Crippen LogP contribution in [-0.4, -0.2) is 54.1 Å². The van der Waals surface area contributed by atoms with Gasteiger partial charge in [0.25, 0.3) is 0 Å². The number of hydrogen-bond donors (Lipinski definition) is 0. The fourth-order valence-electron chi connectivity index (χ4n) is 3.27. The van der Waals surface area contributed by atoms with E-state index in [4.69, 9.17) is 0 Å². The second kappa shape index (κ2) is 6.76. The summed E-state index contributed by atoms with van der Waals surface area (Å²) in [5.41, 5.74) is 0. The highest BCUT2D eigenvalue weighted by Gasteiger charge is 2.23. The second-order valence-electron chi connectivity index (χ2n) is 5.87. The van der Waals surface area contributed by atoms with Crippen LogP contribution in [0.3, 0.4) is 0 Å². The zero-order chi connectivity index (χ0) is 13.8. The van der Waals surface area contributed by atoms with E-state index in [2.05, 4.69) is 32.1 Å². The van der Waals surface area contributed by atoms with Gasteiger partial charge in [-0.15, -0.1) is 22.0 Å². The molecule has 1 aromatic rings. The molecule has 2 aliphatic rings. The Kier molecular flexibility index (Phi) is 4.78. The molecular formula is C15H24N4S. The van der Waals surface area contributed by atoms with Gasteiger partial charge in [0.2, 0.25) is 0 Å². The van der Waals surface area contributed by atoms with Crippen LogP contribution < -0.4 is 4.90 Å². The van der Waals surface area contributed by atoms with E-state index in [0.717, 1.165) is 29.9 Å². The lowest BCUT2D eigenvalue weighted by atomic mass is 9.96. The number of anilines is 1. The summed E-state index contributed by atoms with van der Waals surface area (Å²) in [7, 11) is 0. The second-order valence-corrected chi connectivity index (χ2v) is 6.70. The zero-order valence-corrected chi connectivity index (χ0v) is 13.1. The van der Waals surface area contributed by atoms with Gasteiger partial charge in [-0.2, -0.15) is 0 Å². The Hall–Kier alpha value is -0.810. The number of thioether (sulfide) groups is 1. The van der Waals surface area contributed by atoms with Gasteiger partial charge in [0, 0.05) is 19.6 Å². The standard InChI is InChI=1S/C15H24N4S/c1-20-15-5-4-14(16-17-15)19-10-6-13(7-11-19)12-18-8-2-3-9-18/h4-5,13H,2-3,6-12H2,1H3. The van der Waals surface area contributed by atoms with E-state index >= 15 is 0 Å². The predicted octanol–water partition coefficient (Wildman–Crippen LogP) is 2.51. The van der Waals surface area contributed by atoms with Crippen LogP contribution in [0.25, 0.3) is 0 Å². The fourth-order valence-corrected chi connectivity index (χ4v) is 3.59. The van der Waals surface area contributed by atoms with E-state index in [-0.39, 0.29) is 0 Å². The van der Waals surface area contributed by atoms with Crippen molar-refractivity contribution in [2.24, 2.45) is 5.92 Å². The molecule has 0 aromatic carbocycles. The van der Waals surface area contributed by atoms with E-state index in [0.29, 0.717) is 0 Å². The maximum Gasteiger partial charge on any atom is 0.151 e. The Morgan fingerprint density at radius 1 is 1.10 bits per heavy atom. The minimum Gasteiger partial charge on any atom is -0.355 e. The number of nitrogens with zero attached hydrogens (tertiary/aromatic N) is 4. The van der Waals surface area contributed by atoms with E-state index < -0.39 is 0 Å². The average Bonchev–Trinajstić information content (AvgIpc) is 3.01. The Balaban J connectivity index is 1.49. The van der Waals surface area contributed by atoms with Gasteiger partial charge in [-0.05, 0) is 63.1 Å². The van der Waals surface area contributed by atoms with Crippen molar-refractivity contribution in [2.75, 3.05) is 43.9 Å². The first-order valence-electron chi connectivity index (χ1n) is 7.70. The quantitative estimate of drug-likeness (QED) is 0.796. The summed E-state index contributed by atoms with van der Waals surface area (Å²) in [5, 5.41) is 9.58. The maximum absolute atomic E-state index is 4.35. The Morgan fingerprint density at radius 3 is 2.45 bits per heavy atom. The summed E-state index contributed by atoms with van der Waals surface area (Å²) in [6.45, 7) is 6.21. The molecule has 0 N–H and O–H groups in total. The highest BCUT2D eigenvalue weighted by Crippen LogP contribution is 2.24. The molecule has 2 saturated heterocycles. The molecule has 0 atom stereocenters. The van der Waals surface area contributed by atoms with Crippen LogP contribution in [0.5, 0.6) is 0 Å². The molecule has 0 bridgehead atoms. The molecule has 2 aliphatic heterocycles. The lowest BCUT2D eigenvalue weighted by molar-refractivity contribution is 0.249. The lowest BCUT2D eigenvalue weighted by Crippen LogP contribution is -2.38. The first-order valence-corrected chi connectivity index (χ1v) is 8.92. The molecule has 0 aliphatic carbocycles. The van der Waals surface area contributed by atoms with Crippen LogP contribution >= 0.6 is 11.8 Å². The topological polar surface area (TPSA) is 32.3 Å². The summed E-state index contributed by atoms with van der Waals surface area (Å²) in [4.78, 5) is 5.03. The third-order valence-electron chi connectivity index (χ3n) is 4.49. The highest BCUT2D eigenvalue weighted by molar-refractivity contribution is 7.98. The first kappa shape index (κ1) is 14.1. The minimum absolute atomic E-state index is 0.878. The molecule has 0 amide bonds. The van der Waals surface area contributed by atoms with Gasteiger partial charge >= 0.3 is 0 Å². The van der Waals surface area contributed by atoms with Gasteiger partial charge in [0.15, 0.2) is 5.82 Å². The predicted molar refractivity (Wildman–Crippen MR) is 84.4 cm³/mol. The van der Waals surface area contributed by atoms with Crippen LogP contribution in [0.15, 0.2) is 17.2 Å². The number of likely N-dealkylation sites (tertiary alicyclic amines) is 1. The van der Waals surface area contributed by atoms with Crippen molar-refractivity contribution in [1.82, 2.24) is 15.1 Å². The molecule has 0 radical (unpaired) electrons. The molecule has 2 fully saturated rings. The molecular weight excluding hydrogens is 268 g/mol. The lowest BCUT2D eigenvalue weighted by Gasteiger charge is -2.34.